The summed E-state index contributed by atoms with van der Waals surface area (Å²) in [5.74, 6) is -2.62. The van der Waals surface area contributed by atoms with Gasteiger partial charge in [-0.1, -0.05) is 0 Å². The maximum atomic E-state index is 13.5. The summed E-state index contributed by atoms with van der Waals surface area (Å²) in [6.45, 7) is 0. The summed E-state index contributed by atoms with van der Waals surface area (Å²) in [5.41, 5.74) is -1.32. The van der Waals surface area contributed by atoms with E-state index < -0.39 is 36.9 Å². The minimum Gasteiger partial charge on any atom is -0.478 e. The van der Waals surface area contributed by atoms with E-state index in [-0.39, 0.29) is 10.9 Å². The standard InChI is InChI=1S/C10H5ClFNO5S/c11-19(17,18)8-1-4-5(10(15)16)2-9(14)13-7(4)3-6(8)12/h1-3H,(H,13,14)(H,15,16). The predicted molar refractivity (Wildman–Crippen MR) is 64.5 cm³/mol. The molecule has 0 unspecified atom stereocenters. The number of hydrogen-bond donors (Lipinski definition) is 2. The highest BCUT2D eigenvalue weighted by molar-refractivity contribution is 8.13. The predicted octanol–water partition coefficient (Wildman–Crippen LogP) is 1.29. The Bertz CT molecular complexity index is 858. The van der Waals surface area contributed by atoms with Crippen molar-refractivity contribution < 1.29 is 22.7 Å². The number of aromatic nitrogens is 1. The Morgan fingerprint density at radius 2 is 1.95 bits per heavy atom. The van der Waals surface area contributed by atoms with Crippen LogP contribution in [-0.2, 0) is 9.05 Å². The van der Waals surface area contributed by atoms with Crippen LogP contribution in [0.3, 0.4) is 0 Å². The minimum absolute atomic E-state index is 0.132. The van der Waals surface area contributed by atoms with Crippen LogP contribution in [0.2, 0.25) is 0 Å². The van der Waals surface area contributed by atoms with Gasteiger partial charge in [-0.3, -0.25) is 4.79 Å². The smallest absolute Gasteiger partial charge is 0.336 e. The summed E-state index contributed by atoms with van der Waals surface area (Å²) < 4.78 is 35.9. The molecule has 0 spiro atoms. The first kappa shape index (κ1) is 13.5. The highest BCUT2D eigenvalue weighted by Gasteiger charge is 2.20. The molecule has 0 bridgehead atoms. The van der Waals surface area contributed by atoms with E-state index in [1.54, 1.807) is 0 Å². The quantitative estimate of drug-likeness (QED) is 0.814. The monoisotopic (exact) mass is 305 g/mol. The molecule has 0 aliphatic rings. The number of pyridine rings is 1. The fraction of sp³-hybridized carbons (Fsp3) is 0. The molecule has 6 nitrogen and oxygen atoms in total. The van der Waals surface area contributed by atoms with Crippen molar-refractivity contribution in [1.29, 1.82) is 0 Å². The Kier molecular flexibility index (Phi) is 3.07. The third-order valence-corrected chi connectivity index (χ3v) is 3.73. The molecule has 1 heterocycles. The van der Waals surface area contributed by atoms with E-state index in [2.05, 4.69) is 4.98 Å². The molecular formula is C10H5ClFNO5S. The number of nitrogens with one attached hydrogen (secondary N) is 1. The molecule has 9 heteroatoms. The topological polar surface area (TPSA) is 104 Å². The molecule has 0 aliphatic carbocycles. The number of fused-ring (bicyclic) bond motifs is 1. The first-order valence-electron chi connectivity index (χ1n) is 4.74. The van der Waals surface area contributed by atoms with Gasteiger partial charge in [-0.25, -0.2) is 17.6 Å². The Hall–Kier alpha value is -1.93. The molecule has 0 saturated carbocycles. The average Bonchev–Trinajstić information content (AvgIpc) is 2.24. The summed E-state index contributed by atoms with van der Waals surface area (Å²) in [5, 5.41) is 8.81. The number of aromatic amines is 1. The van der Waals surface area contributed by atoms with Gasteiger partial charge in [0.1, 0.15) is 10.7 Å². The van der Waals surface area contributed by atoms with Gasteiger partial charge in [0.15, 0.2) is 0 Å². The largest absolute Gasteiger partial charge is 0.478 e. The zero-order valence-electron chi connectivity index (χ0n) is 8.98. The van der Waals surface area contributed by atoms with E-state index >= 15 is 0 Å². The molecule has 0 amide bonds. The van der Waals surface area contributed by atoms with Crippen LogP contribution in [0.4, 0.5) is 4.39 Å². The fourth-order valence-corrected chi connectivity index (χ4v) is 2.53. The third kappa shape index (κ3) is 2.45. The number of H-pyrrole nitrogens is 1. The molecule has 1 aromatic heterocycles. The summed E-state index contributed by atoms with van der Waals surface area (Å²) in [4.78, 5) is 23.6. The number of carbonyl (C=O) groups is 1. The Morgan fingerprint density at radius 3 is 2.47 bits per heavy atom. The zero-order chi connectivity index (χ0) is 14.4. The van der Waals surface area contributed by atoms with Gasteiger partial charge in [-0.05, 0) is 12.1 Å². The number of carboxylic acids is 1. The van der Waals surface area contributed by atoms with Gasteiger partial charge in [0.2, 0.25) is 5.56 Å². The van der Waals surface area contributed by atoms with Crippen molar-refractivity contribution in [2.45, 2.75) is 4.90 Å². The van der Waals surface area contributed by atoms with Gasteiger partial charge in [0, 0.05) is 22.1 Å². The SMILES string of the molecule is O=C(O)c1cc(=O)[nH]c2cc(F)c(S(=O)(=O)Cl)cc12. The molecule has 0 aliphatic heterocycles. The molecule has 0 radical (unpaired) electrons. The van der Waals surface area contributed by atoms with Crippen LogP contribution in [0.15, 0.2) is 27.9 Å². The van der Waals surface area contributed by atoms with Gasteiger partial charge in [0.25, 0.3) is 9.05 Å². The van der Waals surface area contributed by atoms with Crippen LogP contribution in [-0.4, -0.2) is 24.5 Å². The van der Waals surface area contributed by atoms with Gasteiger partial charge in [-0.2, -0.15) is 0 Å². The molecule has 1 aromatic carbocycles. The number of rotatable bonds is 2. The van der Waals surface area contributed by atoms with Crippen LogP contribution >= 0.6 is 10.7 Å². The lowest BCUT2D eigenvalue weighted by Crippen LogP contribution is -2.11. The molecule has 2 N–H and O–H groups in total. The van der Waals surface area contributed by atoms with Crippen LogP contribution in [0.1, 0.15) is 10.4 Å². The van der Waals surface area contributed by atoms with E-state index in [4.69, 9.17) is 15.8 Å². The van der Waals surface area contributed by atoms with E-state index in [9.17, 15) is 22.4 Å². The third-order valence-electron chi connectivity index (χ3n) is 2.39. The second-order valence-electron chi connectivity index (χ2n) is 3.62. The van der Waals surface area contributed by atoms with E-state index in [1.807, 2.05) is 0 Å². The van der Waals surface area contributed by atoms with Gasteiger partial charge in [-0.15, -0.1) is 0 Å². The molecule has 0 fully saturated rings. The highest BCUT2D eigenvalue weighted by Crippen LogP contribution is 2.25. The number of halogens is 2. The molecule has 0 atom stereocenters. The van der Waals surface area contributed by atoms with Crippen LogP contribution in [0.5, 0.6) is 0 Å². The second-order valence-corrected chi connectivity index (χ2v) is 6.15. The molecule has 100 valence electrons. The molecule has 2 aromatic rings. The van der Waals surface area contributed by atoms with Crippen molar-refractivity contribution in [3.05, 3.63) is 39.9 Å². The van der Waals surface area contributed by atoms with E-state index in [0.29, 0.717) is 6.07 Å². The Morgan fingerprint density at radius 1 is 1.32 bits per heavy atom. The van der Waals surface area contributed by atoms with Crippen LogP contribution in [0, 0.1) is 5.82 Å². The van der Waals surface area contributed by atoms with Gasteiger partial charge in [0.05, 0.1) is 11.1 Å². The Balaban J connectivity index is 3.00. The zero-order valence-corrected chi connectivity index (χ0v) is 10.5. The van der Waals surface area contributed by atoms with Crippen LogP contribution in [0.25, 0.3) is 10.9 Å². The molecule has 0 saturated heterocycles. The van der Waals surface area contributed by atoms with Crippen molar-refractivity contribution >= 4 is 36.6 Å². The van der Waals surface area contributed by atoms with Crippen LogP contribution < -0.4 is 5.56 Å². The Labute approximate surface area is 109 Å². The van der Waals surface area contributed by atoms with Crippen molar-refractivity contribution in [3.63, 3.8) is 0 Å². The van der Waals surface area contributed by atoms with Crippen molar-refractivity contribution in [3.8, 4) is 0 Å². The number of benzene rings is 1. The van der Waals surface area contributed by atoms with Crippen molar-refractivity contribution in [2.24, 2.45) is 0 Å². The number of carboxylic acid groups (broad SMARTS) is 1. The lowest BCUT2D eigenvalue weighted by atomic mass is 10.1. The minimum atomic E-state index is -4.37. The lowest BCUT2D eigenvalue weighted by Gasteiger charge is -2.05. The number of aromatic carboxylic acids is 1. The first-order chi connectivity index (χ1) is 8.70. The fourth-order valence-electron chi connectivity index (χ4n) is 1.62. The number of hydrogen-bond acceptors (Lipinski definition) is 4. The summed E-state index contributed by atoms with van der Waals surface area (Å²) in [6.07, 6.45) is 0. The lowest BCUT2D eigenvalue weighted by molar-refractivity contribution is 0.0698. The normalized spacial score (nSPS) is 11.7. The highest BCUT2D eigenvalue weighted by atomic mass is 35.7. The van der Waals surface area contributed by atoms with Gasteiger partial charge >= 0.3 is 5.97 Å². The summed E-state index contributed by atoms with van der Waals surface area (Å²) in [7, 11) is 0.675. The maximum Gasteiger partial charge on any atom is 0.336 e. The summed E-state index contributed by atoms with van der Waals surface area (Å²) in [6, 6.07) is 2.25. The molecule has 19 heavy (non-hydrogen) atoms. The summed E-state index contributed by atoms with van der Waals surface area (Å²) >= 11 is 0. The van der Waals surface area contributed by atoms with Crippen molar-refractivity contribution in [1.82, 2.24) is 4.98 Å². The average molecular weight is 306 g/mol. The van der Waals surface area contributed by atoms with E-state index in [1.165, 1.54) is 0 Å². The maximum absolute atomic E-state index is 13.5. The van der Waals surface area contributed by atoms with E-state index in [0.717, 1.165) is 12.1 Å². The van der Waals surface area contributed by atoms with Crippen molar-refractivity contribution in [2.75, 3.05) is 0 Å². The molecule has 2 rings (SSSR count). The first-order valence-corrected chi connectivity index (χ1v) is 7.05. The van der Waals surface area contributed by atoms with Gasteiger partial charge < -0.3 is 10.1 Å². The molecular weight excluding hydrogens is 301 g/mol. The second kappa shape index (κ2) is 4.32.